The van der Waals surface area contributed by atoms with Gasteiger partial charge in [0.1, 0.15) is 11.6 Å². The molecular weight excluding hydrogens is 1130 g/mol. The van der Waals surface area contributed by atoms with Gasteiger partial charge in [-0.3, -0.25) is 4.79 Å². The number of thioether (sulfide) groups is 1. The number of amides is 1. The van der Waals surface area contributed by atoms with Crippen molar-refractivity contribution in [3.63, 3.8) is 0 Å². The predicted octanol–water partition coefficient (Wildman–Crippen LogP) is 9.92. The van der Waals surface area contributed by atoms with Crippen molar-refractivity contribution in [1.82, 2.24) is 10.6 Å². The molecule has 78 heavy (non-hydrogen) atoms. The van der Waals surface area contributed by atoms with Crippen LogP contribution in [0.1, 0.15) is 94.2 Å². The highest BCUT2D eigenvalue weighted by Gasteiger charge is 2.13. The first-order chi connectivity index (χ1) is 37.0. The number of ether oxygens (including phenoxy) is 3. The van der Waals surface area contributed by atoms with Crippen molar-refractivity contribution in [1.29, 1.82) is 0 Å². The summed E-state index contributed by atoms with van der Waals surface area (Å²) in [5.74, 6) is -1.65. The van der Waals surface area contributed by atoms with E-state index in [2.05, 4.69) is 59.8 Å². The first-order valence-corrected chi connectivity index (χ1v) is 30.8. The largest absolute Gasteiger partial charge is 0.465 e. The van der Waals surface area contributed by atoms with Gasteiger partial charge in [-0.05, 0) is 119 Å². The summed E-state index contributed by atoms with van der Waals surface area (Å²) in [6.45, 7) is 5.07. The summed E-state index contributed by atoms with van der Waals surface area (Å²) >= 11 is 5.04. The molecule has 14 nitrogen and oxygen atoms in total. The maximum atomic E-state index is 12.4. The number of hydrogen-bond acceptors (Lipinski definition) is 14. The van der Waals surface area contributed by atoms with Gasteiger partial charge < -0.3 is 30.0 Å². The third-order valence-corrected chi connectivity index (χ3v) is 13.5. The Morgan fingerprint density at radius 2 is 0.949 bits per heavy atom. The number of aryl methyl sites for hydroxylation is 2. The lowest BCUT2D eigenvalue weighted by atomic mass is 10.1. The molecule has 0 saturated carbocycles. The molecule has 1 amide bonds. The lowest BCUT2D eigenvalue weighted by Gasteiger charge is -2.13. The van der Waals surface area contributed by atoms with Crippen molar-refractivity contribution >= 4 is 71.2 Å². The third-order valence-electron chi connectivity index (χ3n) is 10.5. The van der Waals surface area contributed by atoms with Crippen molar-refractivity contribution in [3.05, 3.63) is 212 Å². The molecule has 6 aromatic rings. The fraction of sp³-hybridized carbons (Fsp3) is 0.310. The number of carbonyl (C=O) groups excluding carboxylic acids is 4. The van der Waals surface area contributed by atoms with Gasteiger partial charge in [-0.25, -0.2) is 40.0 Å². The van der Waals surface area contributed by atoms with Crippen molar-refractivity contribution < 1.29 is 64.1 Å². The third kappa shape index (κ3) is 28.4. The van der Waals surface area contributed by atoms with Crippen LogP contribution in [0.5, 0.6) is 0 Å². The summed E-state index contributed by atoms with van der Waals surface area (Å²) < 4.78 is 83.3. The molecular formula is C58H69BrF2N2O12S3. The quantitative estimate of drug-likeness (QED) is 0.0392. The SMILES string of the molecule is CCc1cc(F)cc(F)c1.CCc1cccc(CNC[C@@H](O)CNC(=O)c2cccc(CS(C)(=O)=O)c2)c1.COC(=O)c1cccc(CBr)c1.COC(=O)c1cccc(CS(C)(=O)=O)c1.COC(=O)c1cccc(CSC)c1. The minimum absolute atomic E-state index is 0.0716. The zero-order valence-corrected chi connectivity index (χ0v) is 49.1. The van der Waals surface area contributed by atoms with E-state index in [0.29, 0.717) is 58.5 Å². The van der Waals surface area contributed by atoms with Gasteiger partial charge in [-0.15, -0.1) is 0 Å². The fourth-order valence-corrected chi connectivity index (χ4v) is 9.26. The molecule has 0 fully saturated rings. The topological polar surface area (TPSA) is 209 Å². The molecule has 0 radical (unpaired) electrons. The second kappa shape index (κ2) is 36.0. The second-order valence-corrected chi connectivity index (χ2v) is 23.0. The van der Waals surface area contributed by atoms with E-state index >= 15 is 0 Å². The van der Waals surface area contributed by atoms with Crippen LogP contribution in [0, 0.1) is 11.6 Å². The van der Waals surface area contributed by atoms with Crippen LogP contribution in [0.2, 0.25) is 0 Å². The van der Waals surface area contributed by atoms with Crippen molar-refractivity contribution in [2.24, 2.45) is 0 Å². The highest BCUT2D eigenvalue weighted by atomic mass is 79.9. The van der Waals surface area contributed by atoms with Crippen molar-refractivity contribution in [2.75, 3.05) is 53.2 Å². The highest BCUT2D eigenvalue weighted by molar-refractivity contribution is 9.08. The van der Waals surface area contributed by atoms with Gasteiger partial charge >= 0.3 is 17.9 Å². The van der Waals surface area contributed by atoms with Crippen LogP contribution in [-0.2, 0) is 75.9 Å². The Labute approximate surface area is 470 Å². The Hall–Kier alpha value is -6.29. The van der Waals surface area contributed by atoms with Crippen molar-refractivity contribution in [3.8, 4) is 0 Å². The smallest absolute Gasteiger partial charge is 0.337 e. The van der Waals surface area contributed by atoms with Gasteiger partial charge in [0.15, 0.2) is 19.7 Å². The average Bonchev–Trinajstić information content (AvgIpc) is 3.41. The number of nitrogens with one attached hydrogen (secondary N) is 2. The Balaban J connectivity index is 0.000000355. The molecule has 6 aromatic carbocycles. The molecule has 0 spiro atoms. The first-order valence-electron chi connectivity index (χ1n) is 24.2. The van der Waals surface area contributed by atoms with Crippen LogP contribution < -0.4 is 10.6 Å². The maximum Gasteiger partial charge on any atom is 0.337 e. The van der Waals surface area contributed by atoms with E-state index in [1.807, 2.05) is 55.6 Å². The summed E-state index contributed by atoms with van der Waals surface area (Å²) in [5, 5.41) is 16.7. The van der Waals surface area contributed by atoms with Crippen molar-refractivity contribution in [2.45, 2.75) is 61.9 Å². The lowest BCUT2D eigenvalue weighted by Crippen LogP contribution is -2.38. The Kier molecular flexibility index (Phi) is 31.3. The number of carbonyl (C=O) groups is 4. The van der Waals surface area contributed by atoms with E-state index in [9.17, 15) is 49.9 Å². The molecule has 0 aliphatic heterocycles. The molecule has 0 aliphatic rings. The number of rotatable bonds is 19. The van der Waals surface area contributed by atoms with E-state index in [1.54, 1.807) is 72.4 Å². The zero-order chi connectivity index (χ0) is 58.3. The zero-order valence-electron chi connectivity index (χ0n) is 45.0. The molecule has 3 N–H and O–H groups in total. The number of benzene rings is 6. The summed E-state index contributed by atoms with van der Waals surface area (Å²) in [6.07, 6.45) is 5.25. The molecule has 1 atom stereocenters. The van der Waals surface area contributed by atoms with E-state index < -0.39 is 43.4 Å². The van der Waals surface area contributed by atoms with Gasteiger partial charge in [0, 0.05) is 54.9 Å². The minimum atomic E-state index is -3.16. The molecule has 0 saturated heterocycles. The van der Waals surface area contributed by atoms with E-state index in [4.69, 9.17) is 0 Å². The fourth-order valence-electron chi connectivity index (χ4n) is 6.83. The van der Waals surface area contributed by atoms with E-state index in [1.165, 1.54) is 45.1 Å². The van der Waals surface area contributed by atoms with Crippen LogP contribution in [0.25, 0.3) is 0 Å². The van der Waals surface area contributed by atoms with Crippen LogP contribution in [-0.4, -0.2) is 105 Å². The first kappa shape index (κ1) is 67.8. The number of sulfone groups is 2. The number of methoxy groups -OCH3 is 3. The molecule has 0 unspecified atom stereocenters. The molecule has 0 aromatic heterocycles. The molecule has 0 heterocycles. The lowest BCUT2D eigenvalue weighted by molar-refractivity contribution is 0.0592. The Bertz CT molecular complexity index is 3070. The summed E-state index contributed by atoms with van der Waals surface area (Å²) in [5.41, 5.74) is 8.42. The van der Waals surface area contributed by atoms with Gasteiger partial charge in [0.25, 0.3) is 5.91 Å². The summed E-state index contributed by atoms with van der Waals surface area (Å²) in [6, 6.07) is 39.5. The number of esters is 3. The second-order valence-electron chi connectivity index (χ2n) is 17.3. The molecule has 20 heteroatoms. The molecule has 422 valence electrons. The number of aliphatic hydroxyl groups excluding tert-OH is 1. The van der Waals surface area contributed by atoms with Crippen LogP contribution in [0.15, 0.2) is 140 Å². The van der Waals surface area contributed by atoms with Crippen LogP contribution in [0.4, 0.5) is 8.78 Å². The molecule has 0 bridgehead atoms. The number of alkyl halides is 1. The van der Waals surface area contributed by atoms with Gasteiger partial charge in [0.05, 0.1) is 55.6 Å². The van der Waals surface area contributed by atoms with Gasteiger partial charge in [-0.1, -0.05) is 103 Å². The molecule has 6 rings (SSSR count). The average molecular weight is 1200 g/mol. The number of halogens is 3. The van der Waals surface area contributed by atoms with Crippen LogP contribution >= 0.6 is 27.7 Å². The van der Waals surface area contributed by atoms with E-state index in [-0.39, 0.29) is 35.9 Å². The van der Waals surface area contributed by atoms with Gasteiger partial charge in [-0.2, -0.15) is 11.8 Å². The summed E-state index contributed by atoms with van der Waals surface area (Å²) in [7, 11) is -2.19. The number of aliphatic hydroxyl groups is 1. The monoisotopic (exact) mass is 1200 g/mol. The maximum absolute atomic E-state index is 12.4. The summed E-state index contributed by atoms with van der Waals surface area (Å²) in [4.78, 5) is 45.6. The highest BCUT2D eigenvalue weighted by Crippen LogP contribution is 2.14. The minimum Gasteiger partial charge on any atom is -0.465 e. The molecule has 0 aliphatic carbocycles. The standard InChI is InChI=1S/C21H28N2O4S.C10H12O4S.C10H12O2S.C9H9BrO2.C8H8F2/c1-3-16-6-4-7-17(10-16)12-22-13-20(24)14-23-21(25)19-9-5-8-18(11-19)15-28(2,26)27;1-14-10(11)9-5-3-4-8(6-9)7-15(2,12)13;1-12-10(11)9-5-3-4-8(6-9)7-13-2;1-12-9(11)8-4-2-3-7(5-8)6-10;1-2-6-3-7(9)5-8(10)4-6/h4-11,20,22,24H,3,12-15H2,1-2H3,(H,23,25);3-6H,7H2,1-2H3;3-6H,7H2,1-2H3;2-5H,6H2,1H3;3-5H,2H2,1H3/t20-;;;;/m1..../s1. The predicted molar refractivity (Wildman–Crippen MR) is 308 cm³/mol. The Morgan fingerprint density at radius 1 is 0.551 bits per heavy atom. The normalized spacial score (nSPS) is 11.0. The number of hydrogen-bond donors (Lipinski definition) is 3. The van der Waals surface area contributed by atoms with E-state index in [0.717, 1.165) is 52.8 Å². The Morgan fingerprint density at radius 3 is 1.40 bits per heavy atom. The van der Waals surface area contributed by atoms with Crippen LogP contribution in [0.3, 0.4) is 0 Å². The van der Waals surface area contributed by atoms with Gasteiger partial charge in [0.2, 0.25) is 0 Å².